The van der Waals surface area contributed by atoms with E-state index < -0.39 is 10.2 Å². The second-order valence-corrected chi connectivity index (χ2v) is 6.72. The Bertz CT molecular complexity index is 522. The molecule has 8 nitrogen and oxygen atoms in total. The van der Waals surface area contributed by atoms with Gasteiger partial charge in [-0.25, -0.2) is 0 Å². The fraction of sp³-hybridized carbons (Fsp3) is 0.818. The topological polar surface area (TPSA) is 100 Å². The van der Waals surface area contributed by atoms with E-state index in [4.69, 9.17) is 4.52 Å². The molecule has 9 heteroatoms. The molecule has 2 heterocycles. The van der Waals surface area contributed by atoms with E-state index >= 15 is 0 Å². The molecule has 2 rings (SSSR count). The number of aryl methyl sites for hydroxylation is 1. The van der Waals surface area contributed by atoms with Gasteiger partial charge in [0.2, 0.25) is 5.89 Å². The van der Waals surface area contributed by atoms with E-state index in [0.29, 0.717) is 24.8 Å². The van der Waals surface area contributed by atoms with Crippen molar-refractivity contribution in [3.63, 3.8) is 0 Å². The van der Waals surface area contributed by atoms with Crippen LogP contribution in [0.1, 0.15) is 24.6 Å². The molecule has 1 aromatic heterocycles. The summed E-state index contributed by atoms with van der Waals surface area (Å²) in [7, 11) is -1.56. The predicted octanol–water partition coefficient (Wildman–Crippen LogP) is -0.356. The first kappa shape index (κ1) is 15.4. The van der Waals surface area contributed by atoms with Gasteiger partial charge >= 0.3 is 0 Å². The van der Waals surface area contributed by atoms with Crippen molar-refractivity contribution >= 4 is 10.2 Å². The molecule has 1 aliphatic rings. The van der Waals surface area contributed by atoms with Crippen LogP contribution in [0.4, 0.5) is 0 Å². The van der Waals surface area contributed by atoms with Gasteiger partial charge in [-0.05, 0) is 39.3 Å². The first-order chi connectivity index (χ1) is 9.51. The summed E-state index contributed by atoms with van der Waals surface area (Å²) >= 11 is 0. The number of aromatic nitrogens is 2. The average molecular weight is 303 g/mol. The molecule has 0 spiro atoms. The second kappa shape index (κ2) is 6.61. The van der Waals surface area contributed by atoms with Gasteiger partial charge < -0.3 is 9.84 Å². The Balaban J connectivity index is 1.85. The summed E-state index contributed by atoms with van der Waals surface area (Å²) in [6.07, 6.45) is 1.75. The average Bonchev–Trinajstić information content (AvgIpc) is 2.84. The molecule has 114 valence electrons. The Morgan fingerprint density at radius 3 is 2.65 bits per heavy atom. The largest absolute Gasteiger partial charge is 0.338 e. The van der Waals surface area contributed by atoms with Gasteiger partial charge in [-0.1, -0.05) is 5.16 Å². The molecule has 0 atom stereocenters. The summed E-state index contributed by atoms with van der Waals surface area (Å²) in [4.78, 5) is 3.96. The third-order valence-electron chi connectivity index (χ3n) is 3.38. The van der Waals surface area contributed by atoms with Crippen molar-refractivity contribution in [1.82, 2.24) is 24.5 Å². The van der Waals surface area contributed by atoms with Crippen LogP contribution in [0.3, 0.4) is 0 Å². The molecule has 1 saturated heterocycles. The lowest BCUT2D eigenvalue weighted by molar-refractivity contribution is 0.267. The molecule has 1 fully saturated rings. The predicted molar refractivity (Wildman–Crippen MR) is 73.0 cm³/mol. The van der Waals surface area contributed by atoms with Gasteiger partial charge in [0.15, 0.2) is 5.82 Å². The minimum atomic E-state index is -3.48. The quantitative estimate of drug-likeness (QED) is 0.744. The Kier molecular flexibility index (Phi) is 5.08. The van der Waals surface area contributed by atoms with Crippen molar-refractivity contribution in [3.8, 4) is 0 Å². The number of piperidine rings is 1. The summed E-state index contributed by atoms with van der Waals surface area (Å²) < 4.78 is 33.1. The number of hydrogen-bond acceptors (Lipinski definition) is 6. The van der Waals surface area contributed by atoms with Crippen molar-refractivity contribution in [1.29, 1.82) is 0 Å². The zero-order valence-corrected chi connectivity index (χ0v) is 12.6. The summed E-state index contributed by atoms with van der Waals surface area (Å²) in [6.45, 7) is 3.74. The summed E-state index contributed by atoms with van der Waals surface area (Å²) in [5, 5.41) is 6.75. The van der Waals surface area contributed by atoms with E-state index in [1.807, 2.05) is 7.05 Å². The van der Waals surface area contributed by atoms with Crippen LogP contribution in [0.5, 0.6) is 0 Å². The van der Waals surface area contributed by atoms with Crippen LogP contribution in [0.2, 0.25) is 0 Å². The molecule has 20 heavy (non-hydrogen) atoms. The third-order valence-corrected chi connectivity index (χ3v) is 4.94. The maximum Gasteiger partial charge on any atom is 0.279 e. The van der Waals surface area contributed by atoms with Crippen LogP contribution in [-0.2, 0) is 16.8 Å². The molecule has 0 saturated carbocycles. The van der Waals surface area contributed by atoms with Crippen LogP contribution in [0.25, 0.3) is 0 Å². The Labute approximate surface area is 119 Å². The second-order valence-electron chi connectivity index (χ2n) is 4.96. The Hall–Kier alpha value is -1.03. The molecule has 1 aliphatic heterocycles. The van der Waals surface area contributed by atoms with Crippen LogP contribution < -0.4 is 10.0 Å². The number of nitrogens with one attached hydrogen (secondary N) is 2. The maximum atomic E-state index is 12.1. The first-order valence-electron chi connectivity index (χ1n) is 6.70. The summed E-state index contributed by atoms with van der Waals surface area (Å²) in [5.74, 6) is 1.31. The molecule has 2 N–H and O–H groups in total. The molecule has 0 amide bonds. The van der Waals surface area contributed by atoms with Crippen molar-refractivity contribution in [2.45, 2.75) is 26.3 Å². The number of rotatable bonds is 6. The van der Waals surface area contributed by atoms with Gasteiger partial charge in [-0.2, -0.15) is 22.4 Å². The highest BCUT2D eigenvalue weighted by Crippen LogP contribution is 2.18. The van der Waals surface area contributed by atoms with Gasteiger partial charge in [0.05, 0.1) is 6.54 Å². The highest BCUT2D eigenvalue weighted by atomic mass is 32.2. The normalized spacial score (nSPS) is 18.5. The molecule has 0 aliphatic carbocycles. The van der Waals surface area contributed by atoms with Gasteiger partial charge in [0, 0.05) is 13.1 Å². The van der Waals surface area contributed by atoms with E-state index in [1.165, 1.54) is 4.31 Å². The summed E-state index contributed by atoms with van der Waals surface area (Å²) in [6, 6.07) is 0. The Morgan fingerprint density at radius 1 is 1.40 bits per heavy atom. The molecule has 0 unspecified atom stereocenters. The zero-order valence-electron chi connectivity index (χ0n) is 11.8. The van der Waals surface area contributed by atoms with Crippen LogP contribution in [-0.4, -0.2) is 49.5 Å². The number of hydrogen-bond donors (Lipinski definition) is 2. The minimum absolute atomic E-state index is 0.0274. The first-order valence-corrected chi connectivity index (χ1v) is 8.14. The lowest BCUT2D eigenvalue weighted by Gasteiger charge is -2.30. The van der Waals surface area contributed by atoms with E-state index in [-0.39, 0.29) is 12.4 Å². The highest BCUT2D eigenvalue weighted by molar-refractivity contribution is 7.87. The zero-order chi connectivity index (χ0) is 14.6. The lowest BCUT2D eigenvalue weighted by Crippen LogP contribution is -2.45. The van der Waals surface area contributed by atoms with E-state index in [2.05, 4.69) is 20.2 Å². The van der Waals surface area contributed by atoms with Crippen LogP contribution >= 0.6 is 0 Å². The molecule has 0 aromatic carbocycles. The lowest BCUT2D eigenvalue weighted by atomic mass is 9.98. The number of nitrogens with zero attached hydrogens (tertiary/aromatic N) is 3. The minimum Gasteiger partial charge on any atom is -0.338 e. The fourth-order valence-electron chi connectivity index (χ4n) is 2.30. The molecular formula is C11H21N5O3S. The monoisotopic (exact) mass is 303 g/mol. The van der Waals surface area contributed by atoms with Crippen molar-refractivity contribution in [2.24, 2.45) is 5.92 Å². The summed E-state index contributed by atoms with van der Waals surface area (Å²) in [5.41, 5.74) is 0. The van der Waals surface area contributed by atoms with Gasteiger partial charge in [0.25, 0.3) is 10.2 Å². The van der Waals surface area contributed by atoms with Crippen molar-refractivity contribution in [3.05, 3.63) is 11.7 Å². The van der Waals surface area contributed by atoms with Crippen molar-refractivity contribution < 1.29 is 12.9 Å². The molecule has 0 bridgehead atoms. The van der Waals surface area contributed by atoms with Gasteiger partial charge in [0.1, 0.15) is 0 Å². The SMILES string of the molecule is CNCC1CCN(S(=O)(=O)NCc2nc(C)no2)CC1. The standard InChI is InChI=1S/C11H21N5O3S/c1-9-14-11(19-15-9)8-13-20(17,18)16-5-3-10(4-6-16)7-12-2/h10,12-13H,3-8H2,1-2H3. The van der Waals surface area contributed by atoms with Crippen LogP contribution in [0.15, 0.2) is 4.52 Å². The fourth-order valence-corrected chi connectivity index (χ4v) is 3.48. The van der Waals surface area contributed by atoms with E-state index in [9.17, 15) is 8.42 Å². The van der Waals surface area contributed by atoms with E-state index in [1.54, 1.807) is 6.92 Å². The van der Waals surface area contributed by atoms with Gasteiger partial charge in [-0.3, -0.25) is 0 Å². The molecule has 1 aromatic rings. The molecule has 0 radical (unpaired) electrons. The Morgan fingerprint density at radius 2 is 2.10 bits per heavy atom. The molecular weight excluding hydrogens is 282 g/mol. The smallest absolute Gasteiger partial charge is 0.279 e. The highest BCUT2D eigenvalue weighted by Gasteiger charge is 2.27. The van der Waals surface area contributed by atoms with Crippen LogP contribution in [0, 0.1) is 12.8 Å². The van der Waals surface area contributed by atoms with Crippen molar-refractivity contribution in [2.75, 3.05) is 26.7 Å². The van der Waals surface area contributed by atoms with Gasteiger partial charge in [-0.15, -0.1) is 0 Å². The maximum absolute atomic E-state index is 12.1. The van der Waals surface area contributed by atoms with E-state index in [0.717, 1.165) is 19.4 Å². The third kappa shape index (κ3) is 3.98.